The molecule has 5 aliphatic carbocycles. The highest BCUT2D eigenvalue weighted by molar-refractivity contribution is 5.95. The van der Waals surface area contributed by atoms with Gasteiger partial charge in [0.25, 0.3) is 0 Å². The van der Waals surface area contributed by atoms with Crippen LogP contribution in [0.5, 0.6) is 0 Å². The monoisotopic (exact) mass is 470 g/mol. The minimum atomic E-state index is -0.711. The largest absolute Gasteiger partial charge is 0.481 e. The first-order valence-corrected chi connectivity index (χ1v) is 13.7. The summed E-state index contributed by atoms with van der Waals surface area (Å²) in [5, 5.41) is 20.9. The third-order valence-electron chi connectivity index (χ3n) is 13.1. The van der Waals surface area contributed by atoms with Crippen molar-refractivity contribution in [2.45, 2.75) is 112 Å². The predicted octanol–water partition coefficient (Wildman–Crippen LogP) is 6.41. The molecule has 0 bridgehead atoms. The van der Waals surface area contributed by atoms with Gasteiger partial charge >= 0.3 is 5.97 Å². The number of carbonyl (C=O) groups is 2. The van der Waals surface area contributed by atoms with Gasteiger partial charge in [0.05, 0.1) is 11.5 Å². The van der Waals surface area contributed by atoms with Gasteiger partial charge in [-0.05, 0) is 110 Å². The second-order valence-electron chi connectivity index (χ2n) is 14.9. The molecule has 4 fully saturated rings. The zero-order chi connectivity index (χ0) is 25.1. The lowest BCUT2D eigenvalue weighted by molar-refractivity contribution is -0.202. The van der Waals surface area contributed by atoms with E-state index in [1.165, 1.54) is 5.57 Å². The SMILES string of the molecule is CC1(C)[C@H]2CC[C@]3(C)[C@@H](C(=O)C=C4[C@@H]5C[C@@](C)(C(=O)O)CC[C@]5(C)CC[C@]43C)[C@@]2(C)CC[C@@H]1O. The molecule has 0 aromatic carbocycles. The van der Waals surface area contributed by atoms with Gasteiger partial charge in [0.1, 0.15) is 0 Å². The lowest BCUT2D eigenvalue weighted by Gasteiger charge is -2.70. The van der Waals surface area contributed by atoms with Crippen molar-refractivity contribution >= 4 is 11.8 Å². The van der Waals surface area contributed by atoms with E-state index in [0.717, 1.165) is 51.4 Å². The summed E-state index contributed by atoms with van der Waals surface area (Å²) in [6, 6.07) is 0. The van der Waals surface area contributed by atoms with Crippen molar-refractivity contribution < 1.29 is 19.8 Å². The summed E-state index contributed by atoms with van der Waals surface area (Å²) in [6.45, 7) is 15.8. The van der Waals surface area contributed by atoms with Crippen molar-refractivity contribution in [1.29, 1.82) is 0 Å². The Hall–Kier alpha value is -1.16. The highest BCUT2D eigenvalue weighted by Gasteiger charge is 2.70. The molecule has 2 N–H and O–H groups in total. The minimum Gasteiger partial charge on any atom is -0.481 e. The van der Waals surface area contributed by atoms with Crippen LogP contribution in [0.25, 0.3) is 0 Å². The number of aliphatic hydroxyl groups excluding tert-OH is 1. The van der Waals surface area contributed by atoms with Gasteiger partial charge in [0, 0.05) is 5.92 Å². The summed E-state index contributed by atoms with van der Waals surface area (Å²) in [6.07, 6.45) is 9.95. The molecular formula is C30H46O4. The number of carbonyl (C=O) groups excluding carboxylic acids is 1. The molecule has 0 aliphatic heterocycles. The molecule has 190 valence electrons. The van der Waals surface area contributed by atoms with Gasteiger partial charge in [0.15, 0.2) is 5.78 Å². The van der Waals surface area contributed by atoms with Crippen LogP contribution in [0, 0.1) is 50.2 Å². The first-order valence-electron chi connectivity index (χ1n) is 13.7. The molecule has 0 aromatic heterocycles. The van der Waals surface area contributed by atoms with Crippen LogP contribution < -0.4 is 0 Å². The van der Waals surface area contributed by atoms with Crippen LogP contribution in [0.1, 0.15) is 106 Å². The Morgan fingerprint density at radius 2 is 1.56 bits per heavy atom. The number of hydrogen-bond donors (Lipinski definition) is 2. The molecule has 4 nitrogen and oxygen atoms in total. The summed E-state index contributed by atoms with van der Waals surface area (Å²) in [5.41, 5.74) is 0.142. The van der Waals surface area contributed by atoms with E-state index >= 15 is 0 Å². The van der Waals surface area contributed by atoms with Gasteiger partial charge in [0.2, 0.25) is 0 Å². The van der Waals surface area contributed by atoms with Crippen LogP contribution in [0.4, 0.5) is 0 Å². The van der Waals surface area contributed by atoms with E-state index in [0.29, 0.717) is 12.3 Å². The number of fused-ring (bicyclic) bond motifs is 7. The summed E-state index contributed by atoms with van der Waals surface area (Å²) < 4.78 is 0. The highest BCUT2D eigenvalue weighted by atomic mass is 16.4. The topological polar surface area (TPSA) is 74.6 Å². The van der Waals surface area contributed by atoms with Crippen LogP contribution >= 0.6 is 0 Å². The van der Waals surface area contributed by atoms with Gasteiger partial charge in [-0.3, -0.25) is 9.59 Å². The number of allylic oxidation sites excluding steroid dienone is 2. The number of rotatable bonds is 1. The van der Waals surface area contributed by atoms with E-state index in [4.69, 9.17) is 0 Å². The molecule has 4 saturated carbocycles. The standard InChI is InChI=1S/C30H46O4/c1-25(2)21-8-11-30(7)23(28(21,5)10-9-22(25)32)20(31)16-18-19-17-27(4,24(33)34)13-12-26(19,3)14-15-29(18,30)6/h16,19,21-23,32H,8-15,17H2,1-7H3,(H,33,34)/t19-,21+,22-,23-,26+,27-,28-,29+,30+/m0/s1. The molecule has 5 rings (SSSR count). The smallest absolute Gasteiger partial charge is 0.309 e. The van der Waals surface area contributed by atoms with Crippen LogP contribution in [0.15, 0.2) is 11.6 Å². The minimum absolute atomic E-state index is 0.0296. The average molecular weight is 471 g/mol. The molecule has 0 spiro atoms. The molecule has 34 heavy (non-hydrogen) atoms. The quantitative estimate of drug-likeness (QED) is 0.464. The van der Waals surface area contributed by atoms with E-state index in [1.54, 1.807) is 0 Å². The second-order valence-corrected chi connectivity index (χ2v) is 14.9. The summed E-state index contributed by atoms with van der Waals surface area (Å²) in [4.78, 5) is 26.4. The first-order chi connectivity index (χ1) is 15.6. The fourth-order valence-electron chi connectivity index (χ4n) is 10.4. The third kappa shape index (κ3) is 2.81. The van der Waals surface area contributed by atoms with Crippen LogP contribution in [0.3, 0.4) is 0 Å². The van der Waals surface area contributed by atoms with E-state index in [1.807, 2.05) is 13.0 Å². The Morgan fingerprint density at radius 1 is 0.912 bits per heavy atom. The normalized spacial score (nSPS) is 54.1. The number of ketones is 1. The molecule has 0 unspecified atom stereocenters. The lowest BCUT2D eigenvalue weighted by atomic mass is 9.33. The highest BCUT2D eigenvalue weighted by Crippen LogP contribution is 2.75. The zero-order valence-corrected chi connectivity index (χ0v) is 22.5. The van der Waals surface area contributed by atoms with Crippen molar-refractivity contribution in [3.05, 3.63) is 11.6 Å². The first kappa shape index (κ1) is 24.5. The van der Waals surface area contributed by atoms with E-state index < -0.39 is 11.4 Å². The summed E-state index contributed by atoms with van der Waals surface area (Å²) >= 11 is 0. The molecule has 0 heterocycles. The van der Waals surface area contributed by atoms with E-state index in [2.05, 4.69) is 41.5 Å². The Labute approximate surface area is 206 Å². The van der Waals surface area contributed by atoms with E-state index in [-0.39, 0.29) is 50.8 Å². The average Bonchev–Trinajstić information content (AvgIpc) is 2.73. The number of hydrogen-bond acceptors (Lipinski definition) is 3. The predicted molar refractivity (Wildman–Crippen MR) is 133 cm³/mol. The number of carboxylic acid groups (broad SMARTS) is 1. The van der Waals surface area contributed by atoms with Crippen molar-refractivity contribution in [2.24, 2.45) is 50.2 Å². The van der Waals surface area contributed by atoms with Crippen LogP contribution in [-0.2, 0) is 9.59 Å². The van der Waals surface area contributed by atoms with Gasteiger partial charge in [-0.1, -0.05) is 47.1 Å². The van der Waals surface area contributed by atoms with Gasteiger partial charge in [-0.25, -0.2) is 0 Å². The zero-order valence-electron chi connectivity index (χ0n) is 22.5. The Bertz CT molecular complexity index is 965. The maximum absolute atomic E-state index is 14.2. The fraction of sp³-hybridized carbons (Fsp3) is 0.867. The van der Waals surface area contributed by atoms with Crippen molar-refractivity contribution in [2.75, 3.05) is 0 Å². The Balaban J connectivity index is 1.62. The van der Waals surface area contributed by atoms with Crippen molar-refractivity contribution in [1.82, 2.24) is 0 Å². The number of aliphatic hydroxyl groups is 1. The molecular weight excluding hydrogens is 424 g/mol. The fourth-order valence-corrected chi connectivity index (χ4v) is 10.4. The Kier molecular flexibility index (Phi) is 5.04. The maximum atomic E-state index is 14.2. The van der Waals surface area contributed by atoms with Crippen LogP contribution in [-0.4, -0.2) is 28.1 Å². The molecule has 9 atom stereocenters. The summed E-state index contributed by atoms with van der Waals surface area (Å²) in [7, 11) is 0. The third-order valence-corrected chi connectivity index (χ3v) is 13.1. The number of carboxylic acids is 1. The molecule has 0 radical (unpaired) electrons. The van der Waals surface area contributed by atoms with Crippen LogP contribution in [0.2, 0.25) is 0 Å². The molecule has 0 aromatic rings. The van der Waals surface area contributed by atoms with E-state index in [9.17, 15) is 19.8 Å². The summed E-state index contributed by atoms with van der Waals surface area (Å²) in [5.74, 6) is 0.0603. The lowest BCUT2D eigenvalue weighted by Crippen LogP contribution is -2.66. The molecule has 4 heteroatoms. The molecule has 5 aliphatic rings. The van der Waals surface area contributed by atoms with Crippen molar-refractivity contribution in [3.63, 3.8) is 0 Å². The maximum Gasteiger partial charge on any atom is 0.309 e. The van der Waals surface area contributed by atoms with Gasteiger partial charge < -0.3 is 10.2 Å². The van der Waals surface area contributed by atoms with Gasteiger partial charge in [-0.15, -0.1) is 0 Å². The van der Waals surface area contributed by atoms with Gasteiger partial charge in [-0.2, -0.15) is 0 Å². The number of aliphatic carboxylic acids is 1. The second kappa shape index (κ2) is 6.99. The van der Waals surface area contributed by atoms with Crippen molar-refractivity contribution in [3.8, 4) is 0 Å². The Morgan fingerprint density at radius 3 is 2.21 bits per heavy atom. The molecule has 0 saturated heterocycles. The molecule has 0 amide bonds.